The molecule has 0 radical (unpaired) electrons. The molecule has 2 N–H and O–H groups in total. The first kappa shape index (κ1) is 12.8. The second-order valence-corrected chi connectivity index (χ2v) is 5.27. The molecule has 102 valence electrons. The minimum Gasteiger partial charge on any atom is -0.399 e. The zero-order chi connectivity index (χ0) is 13.8. The summed E-state index contributed by atoms with van der Waals surface area (Å²) < 4.78 is 2.30. The number of unbranched alkanes of at least 4 members (excludes halogenated alkanes) is 1. The Kier molecular flexibility index (Phi) is 3.73. The highest BCUT2D eigenvalue weighted by Crippen LogP contribution is 2.19. The Morgan fingerprint density at radius 1 is 0.900 bits per heavy atom. The van der Waals surface area contributed by atoms with Crippen LogP contribution in [0.5, 0.6) is 0 Å². The Morgan fingerprint density at radius 2 is 1.75 bits per heavy atom. The molecule has 2 heteroatoms. The molecule has 0 aliphatic heterocycles. The Morgan fingerprint density at radius 3 is 2.60 bits per heavy atom. The third-order valence-corrected chi connectivity index (χ3v) is 3.76. The summed E-state index contributed by atoms with van der Waals surface area (Å²) in [5, 5.41) is 1.27. The number of fused-ring (bicyclic) bond motifs is 1. The lowest BCUT2D eigenvalue weighted by Crippen LogP contribution is -1.97. The fourth-order valence-electron chi connectivity index (χ4n) is 2.65. The van der Waals surface area contributed by atoms with Crippen LogP contribution in [-0.4, -0.2) is 4.57 Å². The predicted octanol–water partition coefficient (Wildman–Crippen LogP) is 4.25. The summed E-state index contributed by atoms with van der Waals surface area (Å²) in [5.41, 5.74) is 9.37. The molecule has 0 saturated heterocycles. The molecule has 0 amide bonds. The van der Waals surface area contributed by atoms with Crippen molar-refractivity contribution in [1.82, 2.24) is 4.57 Å². The molecule has 3 aromatic rings. The molecule has 1 heterocycles. The van der Waals surface area contributed by atoms with Crippen LogP contribution in [0.25, 0.3) is 10.9 Å². The average molecular weight is 264 g/mol. The van der Waals surface area contributed by atoms with E-state index < -0.39 is 0 Å². The van der Waals surface area contributed by atoms with E-state index in [2.05, 4.69) is 59.3 Å². The standard InChI is InChI=1S/C18H20N2/c19-17-10-9-16-11-13-20(18(16)14-17)12-5-4-8-15-6-2-1-3-7-15/h1-3,6-7,9-11,13-14H,4-5,8,12,19H2. The Balaban J connectivity index is 1.59. The van der Waals surface area contributed by atoms with Crippen molar-refractivity contribution in [2.75, 3.05) is 5.73 Å². The number of hydrogen-bond donors (Lipinski definition) is 1. The Hall–Kier alpha value is -2.22. The van der Waals surface area contributed by atoms with Crippen LogP contribution >= 0.6 is 0 Å². The molecule has 0 saturated carbocycles. The molecule has 20 heavy (non-hydrogen) atoms. The summed E-state index contributed by atoms with van der Waals surface area (Å²) in [7, 11) is 0. The predicted molar refractivity (Wildman–Crippen MR) is 85.7 cm³/mol. The van der Waals surface area contributed by atoms with Crippen molar-refractivity contribution in [2.24, 2.45) is 0 Å². The molecule has 0 bridgehead atoms. The van der Waals surface area contributed by atoms with Crippen LogP contribution in [0.2, 0.25) is 0 Å². The molecule has 0 aliphatic carbocycles. The SMILES string of the molecule is Nc1ccc2ccn(CCCCc3ccccc3)c2c1. The molecule has 3 rings (SSSR count). The van der Waals surface area contributed by atoms with Gasteiger partial charge in [0, 0.05) is 18.4 Å². The normalized spacial score (nSPS) is 11.0. The van der Waals surface area contributed by atoms with Gasteiger partial charge >= 0.3 is 0 Å². The summed E-state index contributed by atoms with van der Waals surface area (Å²) in [6.07, 6.45) is 5.72. The fraction of sp³-hybridized carbons (Fsp3) is 0.222. The van der Waals surface area contributed by atoms with Gasteiger partial charge in [-0.25, -0.2) is 0 Å². The molecule has 0 fully saturated rings. The summed E-state index contributed by atoms with van der Waals surface area (Å²) in [6.45, 7) is 1.06. The number of benzene rings is 2. The second-order valence-electron chi connectivity index (χ2n) is 5.27. The van der Waals surface area contributed by atoms with E-state index in [0.29, 0.717) is 0 Å². The van der Waals surface area contributed by atoms with E-state index in [1.165, 1.54) is 29.3 Å². The van der Waals surface area contributed by atoms with Gasteiger partial charge in [0.1, 0.15) is 0 Å². The topological polar surface area (TPSA) is 30.9 Å². The first-order valence-electron chi connectivity index (χ1n) is 7.21. The van der Waals surface area contributed by atoms with Gasteiger partial charge < -0.3 is 10.3 Å². The van der Waals surface area contributed by atoms with Crippen LogP contribution in [0, 0.1) is 0 Å². The number of nitrogens with zero attached hydrogens (tertiary/aromatic N) is 1. The summed E-state index contributed by atoms with van der Waals surface area (Å²) in [4.78, 5) is 0. The van der Waals surface area contributed by atoms with E-state index in [9.17, 15) is 0 Å². The third kappa shape index (κ3) is 2.85. The minimum absolute atomic E-state index is 0.835. The highest BCUT2D eigenvalue weighted by molar-refractivity contribution is 5.83. The zero-order valence-corrected chi connectivity index (χ0v) is 11.6. The maximum Gasteiger partial charge on any atom is 0.0500 e. The Labute approximate surface area is 119 Å². The van der Waals surface area contributed by atoms with Crippen molar-refractivity contribution >= 4 is 16.6 Å². The highest BCUT2D eigenvalue weighted by atomic mass is 14.9. The Bertz CT molecular complexity index is 683. The average Bonchev–Trinajstić information content (AvgIpc) is 2.87. The number of aromatic nitrogens is 1. The number of rotatable bonds is 5. The lowest BCUT2D eigenvalue weighted by molar-refractivity contribution is 0.624. The van der Waals surface area contributed by atoms with Crippen molar-refractivity contribution in [2.45, 2.75) is 25.8 Å². The summed E-state index contributed by atoms with van der Waals surface area (Å²) in [5.74, 6) is 0. The largest absolute Gasteiger partial charge is 0.399 e. The fourth-order valence-corrected chi connectivity index (χ4v) is 2.65. The third-order valence-electron chi connectivity index (χ3n) is 3.76. The van der Waals surface area contributed by atoms with Crippen LogP contribution in [0.15, 0.2) is 60.8 Å². The summed E-state index contributed by atoms with van der Waals surface area (Å²) in [6, 6.07) is 19.0. The van der Waals surface area contributed by atoms with Crippen LogP contribution in [0.3, 0.4) is 0 Å². The highest BCUT2D eigenvalue weighted by Gasteiger charge is 2.01. The number of nitrogens with two attached hydrogens (primary N) is 1. The second kappa shape index (κ2) is 5.83. The van der Waals surface area contributed by atoms with E-state index >= 15 is 0 Å². The lowest BCUT2D eigenvalue weighted by atomic mass is 10.1. The van der Waals surface area contributed by atoms with Crippen molar-refractivity contribution in [3.63, 3.8) is 0 Å². The van der Waals surface area contributed by atoms with E-state index in [1.54, 1.807) is 0 Å². The van der Waals surface area contributed by atoms with E-state index in [4.69, 9.17) is 5.73 Å². The zero-order valence-electron chi connectivity index (χ0n) is 11.6. The van der Waals surface area contributed by atoms with Gasteiger partial charge in [-0.3, -0.25) is 0 Å². The van der Waals surface area contributed by atoms with Crippen molar-refractivity contribution < 1.29 is 0 Å². The first-order valence-corrected chi connectivity index (χ1v) is 7.21. The molecule has 1 aromatic heterocycles. The molecule has 0 spiro atoms. The molecule has 0 unspecified atom stereocenters. The van der Waals surface area contributed by atoms with Gasteiger partial charge in [0.15, 0.2) is 0 Å². The molecule has 2 nitrogen and oxygen atoms in total. The van der Waals surface area contributed by atoms with Crippen molar-refractivity contribution in [3.8, 4) is 0 Å². The van der Waals surface area contributed by atoms with Crippen molar-refractivity contribution in [1.29, 1.82) is 0 Å². The maximum atomic E-state index is 5.87. The van der Waals surface area contributed by atoms with E-state index in [0.717, 1.165) is 18.7 Å². The van der Waals surface area contributed by atoms with Gasteiger partial charge in [0.2, 0.25) is 0 Å². The van der Waals surface area contributed by atoms with E-state index in [-0.39, 0.29) is 0 Å². The number of hydrogen-bond acceptors (Lipinski definition) is 1. The van der Waals surface area contributed by atoms with Crippen LogP contribution in [0.1, 0.15) is 18.4 Å². The lowest BCUT2D eigenvalue weighted by Gasteiger charge is -2.06. The first-order chi connectivity index (χ1) is 9.83. The molecule has 0 atom stereocenters. The van der Waals surface area contributed by atoms with Crippen LogP contribution in [0.4, 0.5) is 5.69 Å². The van der Waals surface area contributed by atoms with Gasteiger partial charge in [0.25, 0.3) is 0 Å². The van der Waals surface area contributed by atoms with Gasteiger partial charge in [0.05, 0.1) is 5.52 Å². The summed E-state index contributed by atoms with van der Waals surface area (Å²) >= 11 is 0. The molecular weight excluding hydrogens is 244 g/mol. The molecule has 0 aliphatic rings. The van der Waals surface area contributed by atoms with Gasteiger partial charge in [-0.1, -0.05) is 36.4 Å². The van der Waals surface area contributed by atoms with E-state index in [1.807, 2.05) is 6.07 Å². The quantitative estimate of drug-likeness (QED) is 0.542. The molecular formula is C18H20N2. The van der Waals surface area contributed by atoms with Gasteiger partial charge in [-0.15, -0.1) is 0 Å². The number of nitrogen functional groups attached to an aromatic ring is 1. The van der Waals surface area contributed by atoms with Gasteiger partial charge in [-0.05, 0) is 48.4 Å². The molecule has 2 aromatic carbocycles. The minimum atomic E-state index is 0.835. The number of anilines is 1. The monoisotopic (exact) mass is 264 g/mol. The van der Waals surface area contributed by atoms with Gasteiger partial charge in [-0.2, -0.15) is 0 Å². The number of aryl methyl sites for hydroxylation is 2. The van der Waals surface area contributed by atoms with Crippen LogP contribution in [-0.2, 0) is 13.0 Å². The van der Waals surface area contributed by atoms with Crippen LogP contribution < -0.4 is 5.73 Å². The van der Waals surface area contributed by atoms with Crippen molar-refractivity contribution in [3.05, 3.63) is 66.4 Å². The smallest absolute Gasteiger partial charge is 0.0500 e. The maximum absolute atomic E-state index is 5.87.